The van der Waals surface area contributed by atoms with Crippen LogP contribution in [0.2, 0.25) is 10.0 Å². The first-order valence-electron chi connectivity index (χ1n) is 9.62. The maximum Gasteiger partial charge on any atom is 0.311 e. The zero-order valence-corrected chi connectivity index (χ0v) is 20.2. The second kappa shape index (κ2) is 11.2. The average Bonchev–Trinajstić information content (AvgIpc) is 2.77. The first-order chi connectivity index (χ1) is 15.8. The summed E-state index contributed by atoms with van der Waals surface area (Å²) < 4.78 is 0. The standard InChI is InChI=1S/C21H19BrCl2N6O3/c22-11-20(31)28-17-4-2-13(10-15(17)14-3-1-12(23)9-16(14)24)26-7-8-27-19-6-5-18(30(32)33)21(25)29-19/h1-6,9-10,26H,7-8,11H2,(H,28,31)(H3,25,27,29). The first kappa shape index (κ1) is 24.6. The second-order valence-electron chi connectivity index (χ2n) is 6.78. The smallest absolute Gasteiger partial charge is 0.311 e. The van der Waals surface area contributed by atoms with Crippen LogP contribution in [0.5, 0.6) is 0 Å². The number of alkyl halides is 1. The van der Waals surface area contributed by atoms with Crippen molar-refractivity contribution in [1.82, 2.24) is 4.98 Å². The Morgan fingerprint density at radius 1 is 1.06 bits per heavy atom. The summed E-state index contributed by atoms with van der Waals surface area (Å²) in [6.45, 7) is 0.989. The van der Waals surface area contributed by atoms with Gasteiger partial charge in [0.05, 0.1) is 10.3 Å². The van der Waals surface area contributed by atoms with Crippen molar-refractivity contribution in [2.24, 2.45) is 0 Å². The Kier molecular flexibility index (Phi) is 8.32. The van der Waals surface area contributed by atoms with Crippen LogP contribution in [0.25, 0.3) is 11.1 Å². The topological polar surface area (TPSA) is 135 Å². The second-order valence-corrected chi connectivity index (χ2v) is 8.18. The van der Waals surface area contributed by atoms with Gasteiger partial charge in [0, 0.05) is 51.7 Å². The van der Waals surface area contributed by atoms with Crippen molar-refractivity contribution in [2.45, 2.75) is 0 Å². The van der Waals surface area contributed by atoms with Crippen molar-refractivity contribution in [3.8, 4) is 11.1 Å². The third-order valence-electron chi connectivity index (χ3n) is 4.50. The highest BCUT2D eigenvalue weighted by Gasteiger charge is 2.14. The Bertz CT molecular complexity index is 1190. The average molecular weight is 554 g/mol. The molecule has 0 saturated heterocycles. The fraction of sp³-hybridized carbons (Fsp3) is 0.143. The number of halogens is 3. The Morgan fingerprint density at radius 3 is 2.48 bits per heavy atom. The number of nitrogen functional groups attached to an aromatic ring is 1. The van der Waals surface area contributed by atoms with Gasteiger partial charge in [-0.25, -0.2) is 4.98 Å². The molecule has 3 rings (SSSR count). The van der Waals surface area contributed by atoms with Gasteiger partial charge in [0.15, 0.2) is 0 Å². The highest BCUT2D eigenvalue weighted by molar-refractivity contribution is 9.09. The minimum Gasteiger partial charge on any atom is -0.383 e. The summed E-state index contributed by atoms with van der Waals surface area (Å²) in [5.74, 6) is 0.0889. The molecule has 3 aromatic rings. The summed E-state index contributed by atoms with van der Waals surface area (Å²) in [6.07, 6.45) is 0. The monoisotopic (exact) mass is 552 g/mol. The van der Waals surface area contributed by atoms with E-state index in [9.17, 15) is 14.9 Å². The number of rotatable bonds is 9. The molecule has 0 saturated carbocycles. The van der Waals surface area contributed by atoms with Crippen LogP contribution in [0.15, 0.2) is 48.5 Å². The van der Waals surface area contributed by atoms with Gasteiger partial charge < -0.3 is 21.7 Å². The Morgan fingerprint density at radius 2 is 1.82 bits per heavy atom. The lowest BCUT2D eigenvalue weighted by Crippen LogP contribution is -2.15. The lowest BCUT2D eigenvalue weighted by molar-refractivity contribution is -0.384. The summed E-state index contributed by atoms with van der Waals surface area (Å²) >= 11 is 15.6. The van der Waals surface area contributed by atoms with E-state index in [0.29, 0.717) is 34.6 Å². The lowest BCUT2D eigenvalue weighted by atomic mass is 10.0. The summed E-state index contributed by atoms with van der Waals surface area (Å²) in [5.41, 5.74) is 8.23. The molecule has 0 fully saturated rings. The molecule has 1 heterocycles. The zero-order chi connectivity index (χ0) is 24.0. The predicted octanol–water partition coefficient (Wildman–Crippen LogP) is 5.40. The van der Waals surface area contributed by atoms with E-state index in [2.05, 4.69) is 36.9 Å². The number of nitrogens with one attached hydrogen (secondary N) is 3. The van der Waals surface area contributed by atoms with Gasteiger partial charge in [-0.2, -0.15) is 0 Å². The third kappa shape index (κ3) is 6.47. The molecule has 9 nitrogen and oxygen atoms in total. The van der Waals surface area contributed by atoms with E-state index >= 15 is 0 Å². The SMILES string of the molecule is Nc1nc(NCCNc2ccc(NC(=O)CBr)c(-c3ccc(Cl)cc3Cl)c2)ccc1[N+](=O)[O-]. The van der Waals surface area contributed by atoms with E-state index in [-0.39, 0.29) is 22.7 Å². The van der Waals surface area contributed by atoms with Gasteiger partial charge in [-0.3, -0.25) is 14.9 Å². The number of hydrogen-bond acceptors (Lipinski definition) is 7. The summed E-state index contributed by atoms with van der Waals surface area (Å²) in [6, 6.07) is 13.5. The van der Waals surface area contributed by atoms with Crippen molar-refractivity contribution in [2.75, 3.05) is 40.1 Å². The molecule has 172 valence electrons. The molecular weight excluding hydrogens is 535 g/mol. The van der Waals surface area contributed by atoms with Gasteiger partial charge in [-0.15, -0.1) is 0 Å². The number of aromatic nitrogens is 1. The largest absolute Gasteiger partial charge is 0.383 e. The summed E-state index contributed by atoms with van der Waals surface area (Å²) in [5, 5.41) is 21.1. The number of pyridine rings is 1. The van der Waals surface area contributed by atoms with Crippen LogP contribution in [0.3, 0.4) is 0 Å². The lowest BCUT2D eigenvalue weighted by Gasteiger charge is -2.15. The van der Waals surface area contributed by atoms with Crippen LogP contribution in [0.4, 0.5) is 28.7 Å². The highest BCUT2D eigenvalue weighted by Crippen LogP contribution is 2.36. The number of anilines is 4. The minimum atomic E-state index is -0.581. The van der Waals surface area contributed by atoms with Crippen molar-refractivity contribution in [1.29, 1.82) is 0 Å². The van der Waals surface area contributed by atoms with Crippen LogP contribution in [0.1, 0.15) is 0 Å². The maximum atomic E-state index is 11.9. The number of nitrogens with two attached hydrogens (primary N) is 1. The van der Waals surface area contributed by atoms with Gasteiger partial charge in [0.2, 0.25) is 11.7 Å². The van der Waals surface area contributed by atoms with E-state index in [4.69, 9.17) is 28.9 Å². The summed E-state index contributed by atoms with van der Waals surface area (Å²) in [4.78, 5) is 26.2. The van der Waals surface area contributed by atoms with Crippen molar-refractivity contribution in [3.05, 3.63) is 68.7 Å². The van der Waals surface area contributed by atoms with Crippen LogP contribution in [-0.4, -0.2) is 34.2 Å². The number of nitro groups is 1. The fourth-order valence-electron chi connectivity index (χ4n) is 3.00. The van der Waals surface area contributed by atoms with Gasteiger partial charge in [0.1, 0.15) is 5.82 Å². The molecule has 0 radical (unpaired) electrons. The van der Waals surface area contributed by atoms with Gasteiger partial charge in [-0.1, -0.05) is 45.2 Å². The highest BCUT2D eigenvalue weighted by atomic mass is 79.9. The summed E-state index contributed by atoms with van der Waals surface area (Å²) in [7, 11) is 0. The van der Waals surface area contributed by atoms with E-state index in [1.807, 2.05) is 12.1 Å². The zero-order valence-electron chi connectivity index (χ0n) is 17.1. The molecule has 33 heavy (non-hydrogen) atoms. The molecule has 12 heteroatoms. The Labute approximate surface area is 208 Å². The van der Waals surface area contributed by atoms with Gasteiger partial charge >= 0.3 is 5.69 Å². The van der Waals surface area contributed by atoms with E-state index in [1.54, 1.807) is 24.3 Å². The van der Waals surface area contributed by atoms with Crippen molar-refractivity contribution >= 4 is 73.7 Å². The normalized spacial score (nSPS) is 10.5. The van der Waals surface area contributed by atoms with Crippen LogP contribution < -0.4 is 21.7 Å². The maximum absolute atomic E-state index is 11.9. The number of amides is 1. The van der Waals surface area contributed by atoms with Gasteiger partial charge in [-0.05, 0) is 36.4 Å². The molecule has 0 spiro atoms. The number of nitrogens with zero attached hydrogens (tertiary/aromatic N) is 2. The number of hydrogen-bond donors (Lipinski definition) is 4. The molecule has 5 N–H and O–H groups in total. The predicted molar refractivity (Wildman–Crippen MR) is 137 cm³/mol. The van der Waals surface area contributed by atoms with Crippen molar-refractivity contribution < 1.29 is 9.72 Å². The molecule has 1 amide bonds. The molecule has 1 aromatic heterocycles. The number of carbonyl (C=O) groups excluding carboxylic acids is 1. The molecule has 0 aliphatic heterocycles. The molecule has 0 aliphatic rings. The quantitative estimate of drug-likeness (QED) is 0.120. The minimum absolute atomic E-state index is 0.149. The number of carbonyl (C=O) groups is 1. The van der Waals surface area contributed by atoms with E-state index in [1.165, 1.54) is 12.1 Å². The third-order valence-corrected chi connectivity index (χ3v) is 5.55. The molecular formula is C21H19BrCl2N6O3. The molecule has 0 atom stereocenters. The molecule has 0 aliphatic carbocycles. The molecule has 0 bridgehead atoms. The van der Waals surface area contributed by atoms with Crippen LogP contribution in [0, 0.1) is 10.1 Å². The Hall–Kier alpha value is -3.08. The first-order valence-corrected chi connectivity index (χ1v) is 11.5. The van der Waals surface area contributed by atoms with Crippen LogP contribution in [-0.2, 0) is 4.79 Å². The Balaban J connectivity index is 1.72. The van der Waals surface area contributed by atoms with Crippen LogP contribution >= 0.6 is 39.1 Å². The van der Waals surface area contributed by atoms with Gasteiger partial charge in [0.25, 0.3) is 0 Å². The molecule has 2 aromatic carbocycles. The van der Waals surface area contributed by atoms with E-state index < -0.39 is 4.92 Å². The molecule has 0 unspecified atom stereocenters. The number of benzene rings is 2. The fourth-order valence-corrected chi connectivity index (χ4v) is 3.65. The van der Waals surface area contributed by atoms with E-state index in [0.717, 1.165) is 16.8 Å². The van der Waals surface area contributed by atoms with Crippen molar-refractivity contribution in [3.63, 3.8) is 0 Å².